The van der Waals surface area contributed by atoms with Crippen molar-refractivity contribution in [3.8, 4) is 0 Å². The number of hydrogen-bond donors (Lipinski definition) is 1. The van der Waals surface area contributed by atoms with E-state index < -0.39 is 4.92 Å². The summed E-state index contributed by atoms with van der Waals surface area (Å²) >= 11 is 3.21. The van der Waals surface area contributed by atoms with Gasteiger partial charge < -0.3 is 10.2 Å². The number of nitro groups is 1. The molecule has 1 aromatic rings. The Hall–Kier alpha value is -1.18. The third-order valence-electron chi connectivity index (χ3n) is 3.52. The summed E-state index contributed by atoms with van der Waals surface area (Å²) in [5, 5.41) is 14.1. The number of nitrogens with zero attached hydrogens (tertiary/aromatic N) is 2. The maximum absolute atomic E-state index is 12.4. The van der Waals surface area contributed by atoms with Crippen molar-refractivity contribution >= 4 is 39.9 Å². The molecule has 2 rings (SSSR count). The summed E-state index contributed by atoms with van der Waals surface area (Å²) in [4.78, 5) is 24.5. The van der Waals surface area contributed by atoms with Crippen molar-refractivity contribution in [1.82, 2.24) is 10.2 Å². The van der Waals surface area contributed by atoms with E-state index in [0.717, 1.165) is 25.9 Å². The van der Waals surface area contributed by atoms with Gasteiger partial charge >= 0.3 is 0 Å². The van der Waals surface area contributed by atoms with Gasteiger partial charge in [0.05, 0.1) is 4.92 Å². The normalized spacial score (nSPS) is 15.1. The van der Waals surface area contributed by atoms with Crippen LogP contribution in [0.1, 0.15) is 23.2 Å². The molecule has 8 heteroatoms. The topological polar surface area (TPSA) is 75.5 Å². The Labute approximate surface area is 137 Å². The molecule has 0 bridgehead atoms. The van der Waals surface area contributed by atoms with Crippen molar-refractivity contribution in [2.45, 2.75) is 18.9 Å². The third-order valence-corrected chi connectivity index (χ3v) is 3.97. The van der Waals surface area contributed by atoms with Crippen LogP contribution < -0.4 is 5.32 Å². The number of hydrogen-bond acceptors (Lipinski definition) is 4. The first-order valence-electron chi connectivity index (χ1n) is 6.42. The Morgan fingerprint density at radius 3 is 2.57 bits per heavy atom. The van der Waals surface area contributed by atoms with Crippen LogP contribution in [0.25, 0.3) is 0 Å². The van der Waals surface area contributed by atoms with Gasteiger partial charge in [0.2, 0.25) is 0 Å². The Kier molecular flexibility index (Phi) is 6.57. The van der Waals surface area contributed by atoms with Gasteiger partial charge in [0.1, 0.15) is 0 Å². The average molecular weight is 379 g/mol. The summed E-state index contributed by atoms with van der Waals surface area (Å²) in [6.07, 6.45) is 1.80. The predicted molar refractivity (Wildman–Crippen MR) is 86.0 cm³/mol. The molecule has 1 aliphatic heterocycles. The van der Waals surface area contributed by atoms with Crippen LogP contribution in [0.4, 0.5) is 5.69 Å². The molecule has 21 heavy (non-hydrogen) atoms. The highest BCUT2D eigenvalue weighted by Crippen LogP contribution is 2.23. The van der Waals surface area contributed by atoms with Gasteiger partial charge in [0.25, 0.3) is 11.6 Å². The number of nitro benzene ring substituents is 1. The molecule has 0 atom stereocenters. The highest BCUT2D eigenvalue weighted by atomic mass is 79.9. The van der Waals surface area contributed by atoms with E-state index in [-0.39, 0.29) is 30.0 Å². The lowest BCUT2D eigenvalue weighted by molar-refractivity contribution is -0.385. The number of nitrogens with one attached hydrogen (secondary N) is 1. The molecule has 0 saturated carbocycles. The lowest BCUT2D eigenvalue weighted by Gasteiger charge is -2.31. The zero-order valence-corrected chi connectivity index (χ0v) is 13.9. The van der Waals surface area contributed by atoms with E-state index in [1.165, 1.54) is 12.1 Å². The summed E-state index contributed by atoms with van der Waals surface area (Å²) in [5.74, 6) is -0.179. The van der Waals surface area contributed by atoms with E-state index in [0.29, 0.717) is 10.0 Å². The fourth-order valence-corrected chi connectivity index (χ4v) is 2.85. The van der Waals surface area contributed by atoms with Gasteiger partial charge in [-0.05, 0) is 32.0 Å². The highest BCUT2D eigenvalue weighted by molar-refractivity contribution is 9.10. The lowest BCUT2D eigenvalue weighted by Crippen LogP contribution is -2.43. The molecular formula is C13H17BrClN3O3. The van der Waals surface area contributed by atoms with Crippen molar-refractivity contribution in [2.24, 2.45) is 0 Å². The summed E-state index contributed by atoms with van der Waals surface area (Å²) in [6, 6.07) is 4.51. The molecule has 0 unspecified atom stereocenters. The van der Waals surface area contributed by atoms with E-state index in [2.05, 4.69) is 21.2 Å². The maximum atomic E-state index is 12.4. The van der Waals surface area contributed by atoms with E-state index in [4.69, 9.17) is 0 Å². The summed E-state index contributed by atoms with van der Waals surface area (Å²) in [7, 11) is 1.76. The minimum atomic E-state index is -0.494. The van der Waals surface area contributed by atoms with E-state index >= 15 is 0 Å². The fourth-order valence-electron chi connectivity index (χ4n) is 2.37. The van der Waals surface area contributed by atoms with Gasteiger partial charge in [-0.2, -0.15) is 0 Å². The number of piperidine rings is 1. The van der Waals surface area contributed by atoms with Gasteiger partial charge in [-0.1, -0.05) is 15.9 Å². The standard InChI is InChI=1S/C13H16BrN3O3.ClH/c1-16(11-2-4-15-5-3-11)13(18)9-6-10(14)8-12(7-9)17(19)20;/h6-8,11,15H,2-5H2,1H3;1H. The first kappa shape index (κ1) is 17.9. The molecule has 1 N–H and O–H groups in total. The molecule has 0 aromatic heterocycles. The second kappa shape index (κ2) is 7.72. The van der Waals surface area contributed by atoms with Crippen molar-refractivity contribution in [2.75, 3.05) is 20.1 Å². The second-order valence-corrected chi connectivity index (χ2v) is 5.77. The van der Waals surface area contributed by atoms with Gasteiger partial charge in [-0.15, -0.1) is 12.4 Å². The van der Waals surface area contributed by atoms with Crippen molar-refractivity contribution in [3.63, 3.8) is 0 Å². The first-order chi connectivity index (χ1) is 9.49. The molecule has 0 aliphatic carbocycles. The number of amides is 1. The molecule has 6 nitrogen and oxygen atoms in total. The molecule has 0 spiro atoms. The number of carbonyl (C=O) groups is 1. The Morgan fingerprint density at radius 1 is 1.38 bits per heavy atom. The van der Waals surface area contributed by atoms with Crippen LogP contribution in [-0.2, 0) is 0 Å². The van der Waals surface area contributed by atoms with Gasteiger partial charge in [-0.25, -0.2) is 0 Å². The van der Waals surface area contributed by atoms with Gasteiger partial charge in [0, 0.05) is 35.3 Å². The van der Waals surface area contributed by atoms with Crippen LogP contribution >= 0.6 is 28.3 Å². The van der Waals surface area contributed by atoms with Crippen LogP contribution in [-0.4, -0.2) is 41.9 Å². The fraction of sp³-hybridized carbons (Fsp3) is 0.462. The Balaban J connectivity index is 0.00000220. The molecule has 1 amide bonds. The molecule has 1 aliphatic rings. The zero-order valence-electron chi connectivity index (χ0n) is 11.5. The third kappa shape index (κ3) is 4.39. The Bertz CT molecular complexity index is 535. The Morgan fingerprint density at radius 2 is 2.00 bits per heavy atom. The quantitative estimate of drug-likeness (QED) is 0.648. The predicted octanol–water partition coefficient (Wildman–Crippen LogP) is 2.60. The smallest absolute Gasteiger partial charge is 0.271 e. The van der Waals surface area contributed by atoms with Crippen LogP contribution in [0.3, 0.4) is 0 Å². The number of non-ortho nitro benzene ring substituents is 1. The van der Waals surface area contributed by atoms with Crippen LogP contribution in [0, 0.1) is 10.1 Å². The minimum absolute atomic E-state index is 0. The number of benzene rings is 1. The average Bonchev–Trinajstić information content (AvgIpc) is 2.46. The highest BCUT2D eigenvalue weighted by Gasteiger charge is 2.24. The number of rotatable bonds is 3. The molecule has 1 aromatic carbocycles. The van der Waals surface area contributed by atoms with Crippen molar-refractivity contribution < 1.29 is 9.72 Å². The van der Waals surface area contributed by atoms with Gasteiger partial charge in [-0.3, -0.25) is 14.9 Å². The van der Waals surface area contributed by atoms with Crippen LogP contribution in [0.5, 0.6) is 0 Å². The largest absolute Gasteiger partial charge is 0.339 e. The van der Waals surface area contributed by atoms with Gasteiger partial charge in [0.15, 0.2) is 0 Å². The zero-order chi connectivity index (χ0) is 14.7. The SMILES string of the molecule is CN(C(=O)c1cc(Br)cc([N+](=O)[O-])c1)C1CCNCC1.Cl. The lowest BCUT2D eigenvalue weighted by atomic mass is 10.0. The van der Waals surface area contributed by atoms with E-state index in [9.17, 15) is 14.9 Å². The number of halogens is 2. The minimum Gasteiger partial charge on any atom is -0.339 e. The molecule has 1 fully saturated rings. The summed E-state index contributed by atoms with van der Waals surface area (Å²) < 4.78 is 0.536. The van der Waals surface area contributed by atoms with Crippen molar-refractivity contribution in [3.05, 3.63) is 38.3 Å². The molecular weight excluding hydrogens is 362 g/mol. The van der Waals surface area contributed by atoms with Crippen LogP contribution in [0.15, 0.2) is 22.7 Å². The monoisotopic (exact) mass is 377 g/mol. The second-order valence-electron chi connectivity index (χ2n) is 4.85. The van der Waals surface area contributed by atoms with E-state index in [1.54, 1.807) is 18.0 Å². The maximum Gasteiger partial charge on any atom is 0.271 e. The van der Waals surface area contributed by atoms with Crippen molar-refractivity contribution in [1.29, 1.82) is 0 Å². The number of carbonyl (C=O) groups excluding carboxylic acids is 1. The van der Waals surface area contributed by atoms with E-state index in [1.807, 2.05) is 0 Å². The molecule has 1 saturated heterocycles. The van der Waals surface area contributed by atoms with Crippen LogP contribution in [0.2, 0.25) is 0 Å². The first-order valence-corrected chi connectivity index (χ1v) is 7.21. The summed E-state index contributed by atoms with van der Waals surface area (Å²) in [6.45, 7) is 1.78. The molecule has 1 heterocycles. The molecule has 0 radical (unpaired) electrons. The summed E-state index contributed by atoms with van der Waals surface area (Å²) in [5.41, 5.74) is 0.258. The molecule has 116 valence electrons.